The highest BCUT2D eigenvalue weighted by Crippen LogP contribution is 2.03. The lowest BCUT2D eigenvalue weighted by molar-refractivity contribution is 0.0947. The number of nitriles is 1. The Morgan fingerprint density at radius 3 is 3.12 bits per heavy atom. The molecule has 0 aliphatic carbocycles. The van der Waals surface area contributed by atoms with Gasteiger partial charge in [-0.05, 0) is 18.2 Å². The van der Waals surface area contributed by atoms with Crippen LogP contribution >= 0.6 is 0 Å². The summed E-state index contributed by atoms with van der Waals surface area (Å²) in [6, 6.07) is 6.94. The zero-order chi connectivity index (χ0) is 12.1. The summed E-state index contributed by atoms with van der Waals surface area (Å²) in [5, 5.41) is 11.4. The largest absolute Gasteiger partial charge is 0.467 e. The van der Waals surface area contributed by atoms with Crippen LogP contribution in [-0.2, 0) is 6.54 Å². The molecule has 1 N–H and O–H groups in total. The van der Waals surface area contributed by atoms with Gasteiger partial charge in [0.05, 0.1) is 23.9 Å². The summed E-state index contributed by atoms with van der Waals surface area (Å²) in [7, 11) is 0. The molecular formula is C12H9N3O2. The Hall–Kier alpha value is -2.61. The third-order valence-electron chi connectivity index (χ3n) is 2.13. The van der Waals surface area contributed by atoms with E-state index in [1.807, 2.05) is 6.07 Å². The van der Waals surface area contributed by atoms with Gasteiger partial charge in [0.15, 0.2) is 0 Å². The second-order valence-electron chi connectivity index (χ2n) is 3.34. The second kappa shape index (κ2) is 4.94. The van der Waals surface area contributed by atoms with E-state index in [-0.39, 0.29) is 5.91 Å². The van der Waals surface area contributed by atoms with Crippen molar-refractivity contribution in [2.75, 3.05) is 0 Å². The molecule has 1 amide bonds. The predicted molar refractivity (Wildman–Crippen MR) is 58.8 cm³/mol. The minimum Gasteiger partial charge on any atom is -0.467 e. The van der Waals surface area contributed by atoms with Crippen LogP contribution in [0.2, 0.25) is 0 Å². The van der Waals surface area contributed by atoms with Gasteiger partial charge in [-0.3, -0.25) is 9.78 Å². The highest BCUT2D eigenvalue weighted by Gasteiger charge is 2.07. The SMILES string of the molecule is N#Cc1cncc(C(=O)NCc2ccco2)c1. The fourth-order valence-corrected chi connectivity index (χ4v) is 1.31. The molecule has 0 radical (unpaired) electrons. The maximum absolute atomic E-state index is 11.7. The number of carbonyl (C=O) groups is 1. The van der Waals surface area contributed by atoms with Crippen molar-refractivity contribution in [3.63, 3.8) is 0 Å². The Kier molecular flexibility index (Phi) is 3.17. The zero-order valence-corrected chi connectivity index (χ0v) is 8.88. The molecule has 0 aliphatic rings. The first kappa shape index (κ1) is 10.9. The molecule has 0 aromatic carbocycles. The summed E-state index contributed by atoms with van der Waals surface area (Å²) in [5.74, 6) is 0.383. The molecule has 0 saturated heterocycles. The third-order valence-corrected chi connectivity index (χ3v) is 2.13. The molecule has 0 atom stereocenters. The lowest BCUT2D eigenvalue weighted by Crippen LogP contribution is -2.22. The Bertz CT molecular complexity index is 555. The van der Waals surface area contributed by atoms with E-state index in [9.17, 15) is 4.79 Å². The Balaban J connectivity index is 2.02. The van der Waals surface area contributed by atoms with Gasteiger partial charge in [-0.25, -0.2) is 0 Å². The predicted octanol–water partition coefficient (Wildman–Crippen LogP) is 1.48. The average molecular weight is 227 g/mol. The molecule has 0 spiro atoms. The Morgan fingerprint density at radius 2 is 2.41 bits per heavy atom. The lowest BCUT2D eigenvalue weighted by Gasteiger charge is -2.02. The fraction of sp³-hybridized carbons (Fsp3) is 0.0833. The van der Waals surface area contributed by atoms with Crippen LogP contribution in [0, 0.1) is 11.3 Å². The summed E-state index contributed by atoms with van der Waals surface area (Å²) >= 11 is 0. The van der Waals surface area contributed by atoms with E-state index >= 15 is 0 Å². The minimum atomic E-state index is -0.286. The molecule has 0 saturated carbocycles. The van der Waals surface area contributed by atoms with Crippen LogP contribution in [0.1, 0.15) is 21.7 Å². The topological polar surface area (TPSA) is 78.9 Å². The number of hydrogen-bond acceptors (Lipinski definition) is 4. The molecule has 2 rings (SSSR count). The number of nitrogens with zero attached hydrogens (tertiary/aromatic N) is 2. The van der Waals surface area contributed by atoms with Gasteiger partial charge in [0, 0.05) is 12.4 Å². The fourth-order valence-electron chi connectivity index (χ4n) is 1.31. The molecule has 0 bridgehead atoms. The molecule has 0 fully saturated rings. The van der Waals surface area contributed by atoms with Crippen molar-refractivity contribution in [1.82, 2.24) is 10.3 Å². The van der Waals surface area contributed by atoms with E-state index in [4.69, 9.17) is 9.68 Å². The van der Waals surface area contributed by atoms with Gasteiger partial charge in [0.25, 0.3) is 5.91 Å². The molecule has 17 heavy (non-hydrogen) atoms. The number of rotatable bonds is 3. The van der Waals surface area contributed by atoms with Gasteiger partial charge < -0.3 is 9.73 Å². The zero-order valence-electron chi connectivity index (χ0n) is 8.88. The molecule has 2 aromatic rings. The summed E-state index contributed by atoms with van der Waals surface area (Å²) in [6.45, 7) is 0.308. The van der Waals surface area contributed by atoms with Gasteiger partial charge in [-0.1, -0.05) is 0 Å². The summed E-state index contributed by atoms with van der Waals surface area (Å²) in [6.07, 6.45) is 4.36. The van der Waals surface area contributed by atoms with Crippen LogP contribution in [-0.4, -0.2) is 10.9 Å². The van der Waals surface area contributed by atoms with E-state index in [0.29, 0.717) is 23.4 Å². The van der Waals surface area contributed by atoms with Crippen LogP contribution in [0.15, 0.2) is 41.3 Å². The van der Waals surface area contributed by atoms with Crippen LogP contribution in [0.4, 0.5) is 0 Å². The average Bonchev–Trinajstić information content (AvgIpc) is 2.89. The molecule has 2 heterocycles. The van der Waals surface area contributed by atoms with Crippen molar-refractivity contribution in [2.45, 2.75) is 6.54 Å². The number of carbonyl (C=O) groups excluding carboxylic acids is 1. The van der Waals surface area contributed by atoms with Gasteiger partial charge in [-0.2, -0.15) is 5.26 Å². The van der Waals surface area contributed by atoms with E-state index in [1.54, 1.807) is 18.4 Å². The van der Waals surface area contributed by atoms with Crippen molar-refractivity contribution in [2.24, 2.45) is 0 Å². The van der Waals surface area contributed by atoms with Gasteiger partial charge >= 0.3 is 0 Å². The number of nitrogens with one attached hydrogen (secondary N) is 1. The number of amides is 1. The highest BCUT2D eigenvalue weighted by atomic mass is 16.3. The summed E-state index contributed by atoms with van der Waals surface area (Å²) < 4.78 is 5.08. The molecule has 2 aromatic heterocycles. The molecule has 84 valence electrons. The van der Waals surface area contributed by atoms with E-state index in [2.05, 4.69) is 10.3 Å². The molecular weight excluding hydrogens is 218 g/mol. The quantitative estimate of drug-likeness (QED) is 0.861. The van der Waals surface area contributed by atoms with Crippen LogP contribution < -0.4 is 5.32 Å². The van der Waals surface area contributed by atoms with Crippen LogP contribution in [0.3, 0.4) is 0 Å². The summed E-state index contributed by atoms with van der Waals surface area (Å²) in [5.41, 5.74) is 0.714. The van der Waals surface area contributed by atoms with Gasteiger partial charge in [0.1, 0.15) is 11.8 Å². The van der Waals surface area contributed by atoms with Crippen molar-refractivity contribution >= 4 is 5.91 Å². The van der Waals surface area contributed by atoms with Gasteiger partial charge in [0.2, 0.25) is 0 Å². The van der Waals surface area contributed by atoms with Crippen LogP contribution in [0.25, 0.3) is 0 Å². The number of aromatic nitrogens is 1. The van der Waals surface area contributed by atoms with Crippen molar-refractivity contribution < 1.29 is 9.21 Å². The smallest absolute Gasteiger partial charge is 0.253 e. The molecule has 0 unspecified atom stereocenters. The first-order chi connectivity index (χ1) is 8.29. The monoisotopic (exact) mass is 227 g/mol. The number of hydrogen-bond donors (Lipinski definition) is 1. The van der Waals surface area contributed by atoms with Crippen molar-refractivity contribution in [3.8, 4) is 6.07 Å². The van der Waals surface area contributed by atoms with E-state index in [0.717, 1.165) is 0 Å². The van der Waals surface area contributed by atoms with Crippen molar-refractivity contribution in [1.29, 1.82) is 5.26 Å². The maximum Gasteiger partial charge on any atom is 0.253 e. The lowest BCUT2D eigenvalue weighted by atomic mass is 10.2. The number of furan rings is 1. The van der Waals surface area contributed by atoms with E-state index < -0.39 is 0 Å². The third kappa shape index (κ3) is 2.69. The standard InChI is InChI=1S/C12H9N3O2/c13-5-9-4-10(7-14-6-9)12(16)15-8-11-2-1-3-17-11/h1-4,6-7H,8H2,(H,15,16). The Morgan fingerprint density at radius 1 is 1.53 bits per heavy atom. The number of pyridine rings is 1. The molecule has 0 aliphatic heterocycles. The summed E-state index contributed by atoms with van der Waals surface area (Å²) in [4.78, 5) is 15.5. The Labute approximate surface area is 97.7 Å². The van der Waals surface area contributed by atoms with Crippen LogP contribution in [0.5, 0.6) is 0 Å². The second-order valence-corrected chi connectivity index (χ2v) is 3.34. The van der Waals surface area contributed by atoms with Crippen molar-refractivity contribution in [3.05, 3.63) is 53.7 Å². The highest BCUT2D eigenvalue weighted by molar-refractivity contribution is 5.94. The maximum atomic E-state index is 11.7. The molecule has 5 nitrogen and oxygen atoms in total. The van der Waals surface area contributed by atoms with Gasteiger partial charge in [-0.15, -0.1) is 0 Å². The first-order valence-electron chi connectivity index (χ1n) is 4.95. The first-order valence-corrected chi connectivity index (χ1v) is 4.95. The minimum absolute atomic E-state index is 0.286. The van der Waals surface area contributed by atoms with E-state index in [1.165, 1.54) is 18.5 Å². The molecule has 5 heteroatoms. The normalized spacial score (nSPS) is 9.59.